The summed E-state index contributed by atoms with van der Waals surface area (Å²) >= 11 is 0. The fourth-order valence-electron chi connectivity index (χ4n) is 5.80. The smallest absolute Gasteiger partial charge is 0.182 e. The van der Waals surface area contributed by atoms with Gasteiger partial charge >= 0.3 is 0 Å². The lowest BCUT2D eigenvalue weighted by Gasteiger charge is -2.32. The molecule has 0 radical (unpaired) electrons. The highest BCUT2D eigenvalue weighted by Crippen LogP contribution is 2.30. The lowest BCUT2D eigenvalue weighted by atomic mass is 9.86. The zero-order chi connectivity index (χ0) is 22.7. The van der Waals surface area contributed by atoms with Crippen molar-refractivity contribution in [3.8, 4) is 0 Å². The van der Waals surface area contributed by atoms with Crippen LogP contribution in [0.1, 0.15) is 64.2 Å². The zero-order valence-electron chi connectivity index (χ0n) is 20.6. The molecule has 8 heteroatoms. The van der Waals surface area contributed by atoms with Crippen molar-refractivity contribution in [1.29, 1.82) is 0 Å². The van der Waals surface area contributed by atoms with Crippen molar-refractivity contribution in [2.24, 2.45) is 5.92 Å². The van der Waals surface area contributed by atoms with E-state index in [1.54, 1.807) is 0 Å². The van der Waals surface area contributed by atoms with Gasteiger partial charge in [0.05, 0.1) is 26.4 Å². The molecule has 6 aliphatic heterocycles. The summed E-state index contributed by atoms with van der Waals surface area (Å²) in [4.78, 5) is 0. The van der Waals surface area contributed by atoms with Crippen LogP contribution in [0.3, 0.4) is 0 Å². The van der Waals surface area contributed by atoms with Crippen LogP contribution in [0.5, 0.6) is 0 Å². The second-order valence-electron chi connectivity index (χ2n) is 10.3. The van der Waals surface area contributed by atoms with Crippen molar-refractivity contribution >= 4 is 0 Å². The number of ether oxygens (including phenoxy) is 4. The fourth-order valence-corrected chi connectivity index (χ4v) is 5.80. The Kier molecular flexibility index (Phi) is 10.7. The van der Waals surface area contributed by atoms with E-state index in [2.05, 4.69) is 21.3 Å². The van der Waals surface area contributed by atoms with E-state index in [1.165, 1.54) is 64.6 Å². The molecule has 33 heavy (non-hydrogen) atoms. The van der Waals surface area contributed by atoms with Gasteiger partial charge in [-0.2, -0.15) is 0 Å². The zero-order valence-corrected chi connectivity index (χ0v) is 20.6. The molecule has 0 aromatic rings. The van der Waals surface area contributed by atoms with Gasteiger partial charge in [-0.3, -0.25) is 0 Å². The van der Waals surface area contributed by atoms with Crippen LogP contribution in [0.2, 0.25) is 0 Å². The molecule has 1 saturated carbocycles. The van der Waals surface area contributed by atoms with E-state index in [4.69, 9.17) is 18.9 Å². The highest BCUT2D eigenvalue weighted by molar-refractivity contribution is 4.86. The van der Waals surface area contributed by atoms with Crippen molar-refractivity contribution < 1.29 is 18.9 Å². The maximum atomic E-state index is 5.54. The number of hydrogen-bond donors (Lipinski definition) is 4. The lowest BCUT2D eigenvalue weighted by Crippen LogP contribution is -2.42. The van der Waals surface area contributed by atoms with E-state index in [1.807, 2.05) is 0 Å². The Balaban J connectivity index is 0.000000107. The van der Waals surface area contributed by atoms with Gasteiger partial charge in [0, 0.05) is 45.1 Å². The second kappa shape index (κ2) is 13.7. The van der Waals surface area contributed by atoms with E-state index < -0.39 is 0 Å². The predicted octanol–water partition coefficient (Wildman–Crippen LogP) is 1.74. The van der Waals surface area contributed by atoms with Crippen LogP contribution in [0.15, 0.2) is 0 Å². The average molecular weight is 469 g/mol. The second-order valence-corrected chi connectivity index (χ2v) is 10.3. The normalized spacial score (nSPS) is 33.5. The maximum Gasteiger partial charge on any atom is 0.182 e. The molecule has 192 valence electrons. The fraction of sp³-hybridized carbons (Fsp3) is 1.00. The molecule has 7 fully saturated rings. The Labute approximate surface area is 200 Å². The van der Waals surface area contributed by atoms with Crippen LogP contribution in [0.4, 0.5) is 0 Å². The van der Waals surface area contributed by atoms with Gasteiger partial charge in [0.2, 0.25) is 0 Å². The van der Waals surface area contributed by atoms with Crippen LogP contribution < -0.4 is 21.3 Å². The number of fused-ring (bicyclic) bond motifs is 1. The summed E-state index contributed by atoms with van der Waals surface area (Å²) < 4.78 is 21.9. The monoisotopic (exact) mass is 468 g/mol. The molecule has 7 aliphatic rings. The highest BCUT2D eigenvalue weighted by Gasteiger charge is 2.39. The lowest BCUT2D eigenvalue weighted by molar-refractivity contribution is -0.253. The Morgan fingerprint density at radius 2 is 1.12 bits per heavy atom. The van der Waals surface area contributed by atoms with Crippen molar-refractivity contribution in [2.45, 2.75) is 81.8 Å². The summed E-state index contributed by atoms with van der Waals surface area (Å²) in [6.07, 6.45) is 13.2. The molecule has 2 atom stereocenters. The molecule has 0 amide bonds. The first kappa shape index (κ1) is 25.8. The summed E-state index contributed by atoms with van der Waals surface area (Å²) in [5.74, 6) is 0.594. The topological polar surface area (TPSA) is 85.0 Å². The molecule has 2 spiro atoms. The quantitative estimate of drug-likeness (QED) is 0.428. The van der Waals surface area contributed by atoms with Crippen LogP contribution >= 0.6 is 0 Å². The SMILES string of the molecule is C1CC2(CN1)OCCO2.C1CCC2NCCC2C1.C1CCNC1.C1COC2(CCNC2)OC1. The first-order valence-corrected chi connectivity index (χ1v) is 13.7. The van der Waals surface area contributed by atoms with Gasteiger partial charge in [0.25, 0.3) is 0 Å². The van der Waals surface area contributed by atoms with Crippen LogP contribution in [0, 0.1) is 5.92 Å². The molecule has 0 aromatic carbocycles. The van der Waals surface area contributed by atoms with Gasteiger partial charge in [-0.05, 0) is 64.1 Å². The molecular weight excluding hydrogens is 420 g/mol. The summed E-state index contributed by atoms with van der Waals surface area (Å²) in [7, 11) is 0. The third-order valence-corrected chi connectivity index (χ3v) is 7.77. The predicted molar refractivity (Wildman–Crippen MR) is 129 cm³/mol. The minimum atomic E-state index is -0.238. The third kappa shape index (κ3) is 8.10. The standard InChI is InChI=1S/C8H15N.C7H13NO2.C6H11NO2.C4H9N/c1-2-4-8-7(3-1)5-6-9-8;1-4-9-7(10-5-1)2-3-8-6-7;1-2-7-5-6(1)8-3-4-9-6;1-2-4-5-3-1/h7-9H,1-6H2;8H,1-6H2;7H,1-5H2;5H,1-4H2. The third-order valence-electron chi connectivity index (χ3n) is 7.77. The molecule has 4 N–H and O–H groups in total. The van der Waals surface area contributed by atoms with Crippen molar-refractivity contribution in [2.75, 3.05) is 72.2 Å². The molecule has 1 aliphatic carbocycles. The Bertz CT molecular complexity index is 485. The van der Waals surface area contributed by atoms with Crippen molar-refractivity contribution in [1.82, 2.24) is 21.3 Å². The molecule has 6 saturated heterocycles. The largest absolute Gasteiger partial charge is 0.349 e. The summed E-state index contributed by atoms with van der Waals surface area (Å²) in [5.41, 5.74) is 0. The van der Waals surface area contributed by atoms with Gasteiger partial charge < -0.3 is 40.2 Å². The van der Waals surface area contributed by atoms with Crippen LogP contribution in [-0.2, 0) is 18.9 Å². The molecule has 2 unspecified atom stereocenters. The van der Waals surface area contributed by atoms with Gasteiger partial charge in [-0.15, -0.1) is 0 Å². The van der Waals surface area contributed by atoms with Gasteiger partial charge in [-0.1, -0.05) is 12.8 Å². The average Bonchev–Trinajstić information content (AvgIpc) is 3.70. The van der Waals surface area contributed by atoms with E-state index in [0.717, 1.165) is 83.8 Å². The Hall–Kier alpha value is -0.320. The summed E-state index contributed by atoms with van der Waals surface area (Å²) in [6, 6.07) is 0.916. The minimum absolute atomic E-state index is 0.222. The number of nitrogens with one attached hydrogen (secondary N) is 4. The first-order valence-electron chi connectivity index (χ1n) is 13.7. The molecule has 0 bridgehead atoms. The maximum absolute atomic E-state index is 5.54. The molecule has 8 nitrogen and oxygen atoms in total. The Morgan fingerprint density at radius 3 is 1.64 bits per heavy atom. The summed E-state index contributed by atoms with van der Waals surface area (Å²) in [6.45, 7) is 10.8. The van der Waals surface area contributed by atoms with E-state index >= 15 is 0 Å². The van der Waals surface area contributed by atoms with E-state index in [-0.39, 0.29) is 11.6 Å². The Morgan fingerprint density at radius 1 is 0.515 bits per heavy atom. The van der Waals surface area contributed by atoms with Crippen molar-refractivity contribution in [3.63, 3.8) is 0 Å². The summed E-state index contributed by atoms with van der Waals surface area (Å²) in [5, 5.41) is 13.2. The van der Waals surface area contributed by atoms with Gasteiger partial charge in [-0.25, -0.2) is 0 Å². The molecular formula is C25H48N4O4. The molecule has 0 aromatic heterocycles. The number of hydrogen-bond acceptors (Lipinski definition) is 8. The van der Waals surface area contributed by atoms with E-state index in [0.29, 0.717) is 0 Å². The van der Waals surface area contributed by atoms with Crippen LogP contribution in [0.25, 0.3) is 0 Å². The first-order chi connectivity index (χ1) is 16.3. The van der Waals surface area contributed by atoms with Crippen LogP contribution in [-0.4, -0.2) is 89.9 Å². The number of rotatable bonds is 0. The molecule has 6 heterocycles. The minimum Gasteiger partial charge on any atom is -0.349 e. The van der Waals surface area contributed by atoms with Gasteiger partial charge in [0.1, 0.15) is 0 Å². The van der Waals surface area contributed by atoms with Crippen molar-refractivity contribution in [3.05, 3.63) is 0 Å². The van der Waals surface area contributed by atoms with E-state index in [9.17, 15) is 0 Å². The van der Waals surface area contributed by atoms with Gasteiger partial charge in [0.15, 0.2) is 11.6 Å². The molecule has 7 rings (SSSR count). The highest BCUT2D eigenvalue weighted by atomic mass is 16.7.